The molecule has 2 aromatic rings. The lowest BCUT2D eigenvalue weighted by molar-refractivity contribution is 0.510. The van der Waals surface area contributed by atoms with Crippen molar-refractivity contribution in [1.29, 1.82) is 0 Å². The van der Waals surface area contributed by atoms with Crippen LogP contribution in [0.25, 0.3) is 0 Å². The van der Waals surface area contributed by atoms with Gasteiger partial charge in [0.2, 0.25) is 0 Å². The molecule has 0 saturated heterocycles. The largest absolute Gasteiger partial charge is 0.258 e. The molecule has 0 aliphatic carbocycles. The summed E-state index contributed by atoms with van der Waals surface area (Å²) in [5, 5.41) is 12.0. The molecule has 0 amide bonds. The number of aryl methyl sites for hydroxylation is 3. The van der Waals surface area contributed by atoms with E-state index >= 15 is 0 Å². The van der Waals surface area contributed by atoms with E-state index in [9.17, 15) is 8.42 Å². The van der Waals surface area contributed by atoms with E-state index in [1.165, 1.54) is 11.1 Å². The van der Waals surface area contributed by atoms with Gasteiger partial charge in [0.05, 0.1) is 6.54 Å². The zero-order valence-electron chi connectivity index (χ0n) is 12.6. The maximum atomic E-state index is 11.8. The molecule has 2 rings (SSSR count). The summed E-state index contributed by atoms with van der Waals surface area (Å²) in [6, 6.07) is 5.82. The van der Waals surface area contributed by atoms with E-state index in [1.807, 2.05) is 25.1 Å². The minimum absolute atomic E-state index is 0.210. The summed E-state index contributed by atoms with van der Waals surface area (Å²) < 4.78 is 22.4. The number of nitrogens with zero attached hydrogens (tertiary/aromatic N) is 5. The Morgan fingerprint density at radius 1 is 1.29 bits per heavy atom. The number of rotatable bonds is 5. The number of aromatic nitrogens is 5. The Hall–Kier alpha value is -1.83. The lowest BCUT2D eigenvalue weighted by atomic mass is 10.2. The summed E-state index contributed by atoms with van der Waals surface area (Å²) >= 11 is 0. The first kappa shape index (κ1) is 15.6. The van der Waals surface area contributed by atoms with Crippen LogP contribution in [0.2, 0.25) is 0 Å². The Morgan fingerprint density at radius 2 is 2.00 bits per heavy atom. The molecule has 21 heavy (non-hydrogen) atoms. The Bertz CT molecular complexity index is 737. The van der Waals surface area contributed by atoms with Crippen molar-refractivity contribution in [3.8, 4) is 0 Å². The lowest BCUT2D eigenvalue weighted by Gasteiger charge is -2.17. The molecule has 0 aliphatic rings. The average molecular weight is 309 g/mol. The van der Waals surface area contributed by atoms with Gasteiger partial charge in [-0.2, -0.15) is 4.80 Å². The molecule has 114 valence electrons. The average Bonchev–Trinajstić information content (AvgIpc) is 2.84. The third-order valence-electron chi connectivity index (χ3n) is 3.43. The lowest BCUT2D eigenvalue weighted by Crippen LogP contribution is -2.29. The summed E-state index contributed by atoms with van der Waals surface area (Å²) in [6.45, 7) is 5.59. The Kier molecular flexibility index (Phi) is 4.08. The van der Waals surface area contributed by atoms with Gasteiger partial charge in [0.25, 0.3) is 0 Å². The highest BCUT2D eigenvalue weighted by atomic mass is 32.2. The summed E-state index contributed by atoms with van der Waals surface area (Å²) in [5.41, 5.74) is 1.90. The van der Waals surface area contributed by atoms with Crippen LogP contribution in [-0.4, -0.2) is 39.9 Å². The van der Waals surface area contributed by atoms with E-state index in [2.05, 4.69) is 20.4 Å². The standard InChI is InChI=1S/C13H19N5O2S/c1-10-6-5-7-11(14-10)8-9-18-16-12(15-17-18)13(2,3)21(4,19)20/h5-7H,8-9H2,1-4H3. The van der Waals surface area contributed by atoms with Crippen LogP contribution in [0.4, 0.5) is 0 Å². The Labute approximate surface area is 124 Å². The normalized spacial score (nSPS) is 12.6. The molecule has 7 nitrogen and oxygen atoms in total. The van der Waals surface area contributed by atoms with Crippen molar-refractivity contribution in [2.45, 2.75) is 38.5 Å². The van der Waals surface area contributed by atoms with Gasteiger partial charge in [-0.05, 0) is 38.1 Å². The van der Waals surface area contributed by atoms with Gasteiger partial charge in [-0.25, -0.2) is 8.42 Å². The Balaban J connectivity index is 2.11. The predicted octanol–water partition coefficient (Wildman–Crippen LogP) is 0.899. The van der Waals surface area contributed by atoms with Crippen LogP contribution < -0.4 is 0 Å². The number of tetrazole rings is 1. The van der Waals surface area contributed by atoms with Crippen molar-refractivity contribution < 1.29 is 8.42 Å². The molecule has 0 N–H and O–H groups in total. The van der Waals surface area contributed by atoms with Gasteiger partial charge in [-0.1, -0.05) is 6.07 Å². The van der Waals surface area contributed by atoms with Crippen LogP contribution in [0.1, 0.15) is 31.1 Å². The maximum Gasteiger partial charge on any atom is 0.195 e. The second kappa shape index (κ2) is 5.51. The van der Waals surface area contributed by atoms with Crippen LogP contribution in [0, 0.1) is 6.92 Å². The third-order valence-corrected chi connectivity index (χ3v) is 5.47. The topological polar surface area (TPSA) is 90.6 Å². The van der Waals surface area contributed by atoms with Crippen LogP contribution in [0.5, 0.6) is 0 Å². The van der Waals surface area contributed by atoms with Crippen LogP contribution in [0.3, 0.4) is 0 Å². The van der Waals surface area contributed by atoms with Gasteiger partial charge >= 0.3 is 0 Å². The molecule has 0 aliphatic heterocycles. The predicted molar refractivity (Wildman–Crippen MR) is 78.4 cm³/mol. The van der Waals surface area contributed by atoms with Gasteiger partial charge in [0.1, 0.15) is 4.75 Å². The van der Waals surface area contributed by atoms with Crippen molar-refractivity contribution in [3.05, 3.63) is 35.4 Å². The number of hydrogen-bond donors (Lipinski definition) is 0. The summed E-state index contributed by atoms with van der Waals surface area (Å²) in [5.74, 6) is 0.210. The SMILES string of the molecule is Cc1cccc(CCn2nnc(C(C)(C)S(C)(=O)=O)n2)n1. The van der Waals surface area contributed by atoms with Crippen molar-refractivity contribution in [3.63, 3.8) is 0 Å². The molecule has 8 heteroatoms. The highest BCUT2D eigenvalue weighted by Crippen LogP contribution is 2.24. The molecular weight excluding hydrogens is 290 g/mol. The van der Waals surface area contributed by atoms with Crippen molar-refractivity contribution in [2.75, 3.05) is 6.26 Å². The quantitative estimate of drug-likeness (QED) is 0.815. The van der Waals surface area contributed by atoms with E-state index in [4.69, 9.17) is 0 Å². The molecule has 0 radical (unpaired) electrons. The highest BCUT2D eigenvalue weighted by molar-refractivity contribution is 7.91. The summed E-state index contributed by atoms with van der Waals surface area (Å²) in [7, 11) is -3.31. The monoisotopic (exact) mass is 309 g/mol. The summed E-state index contributed by atoms with van der Waals surface area (Å²) in [6.07, 6.45) is 1.83. The third kappa shape index (κ3) is 3.44. The molecule has 0 spiro atoms. The number of hydrogen-bond acceptors (Lipinski definition) is 6. The molecule has 0 bridgehead atoms. The molecule has 0 unspecified atom stereocenters. The van der Waals surface area contributed by atoms with Crippen LogP contribution in [0.15, 0.2) is 18.2 Å². The minimum Gasteiger partial charge on any atom is -0.258 e. The minimum atomic E-state index is -3.31. The van der Waals surface area contributed by atoms with Gasteiger partial charge in [-0.15, -0.1) is 10.2 Å². The molecular formula is C13H19N5O2S. The van der Waals surface area contributed by atoms with E-state index in [1.54, 1.807) is 13.8 Å². The van der Waals surface area contributed by atoms with Gasteiger partial charge in [0, 0.05) is 24.1 Å². The van der Waals surface area contributed by atoms with Gasteiger partial charge < -0.3 is 0 Å². The highest BCUT2D eigenvalue weighted by Gasteiger charge is 2.36. The van der Waals surface area contributed by atoms with E-state index in [0.29, 0.717) is 13.0 Å². The second-order valence-corrected chi connectivity index (χ2v) is 8.08. The smallest absolute Gasteiger partial charge is 0.195 e. The van der Waals surface area contributed by atoms with E-state index < -0.39 is 14.6 Å². The van der Waals surface area contributed by atoms with E-state index in [0.717, 1.165) is 11.4 Å². The molecule has 0 fully saturated rings. The zero-order valence-corrected chi connectivity index (χ0v) is 13.4. The van der Waals surface area contributed by atoms with Crippen molar-refractivity contribution in [2.24, 2.45) is 0 Å². The Morgan fingerprint density at radius 3 is 2.62 bits per heavy atom. The van der Waals surface area contributed by atoms with Crippen molar-refractivity contribution >= 4 is 9.84 Å². The van der Waals surface area contributed by atoms with Gasteiger partial charge in [0.15, 0.2) is 15.7 Å². The molecule has 2 heterocycles. The van der Waals surface area contributed by atoms with Gasteiger partial charge in [-0.3, -0.25) is 4.98 Å². The van der Waals surface area contributed by atoms with E-state index in [-0.39, 0.29) is 5.82 Å². The zero-order chi connectivity index (χ0) is 15.7. The van der Waals surface area contributed by atoms with Crippen LogP contribution in [-0.2, 0) is 27.5 Å². The summed E-state index contributed by atoms with van der Waals surface area (Å²) in [4.78, 5) is 5.81. The fraction of sp³-hybridized carbons (Fsp3) is 0.538. The number of pyridine rings is 1. The fourth-order valence-electron chi connectivity index (χ4n) is 1.70. The molecule has 0 atom stereocenters. The fourth-order valence-corrected chi connectivity index (χ4v) is 2.11. The van der Waals surface area contributed by atoms with Crippen molar-refractivity contribution in [1.82, 2.24) is 25.2 Å². The first-order valence-electron chi connectivity index (χ1n) is 6.60. The molecule has 0 saturated carbocycles. The van der Waals surface area contributed by atoms with Crippen LogP contribution >= 0.6 is 0 Å². The molecule has 0 aromatic carbocycles. The first-order valence-corrected chi connectivity index (χ1v) is 8.50. The second-order valence-electron chi connectivity index (χ2n) is 5.51. The first-order chi connectivity index (χ1) is 9.70. The maximum absolute atomic E-state index is 11.8. The number of sulfone groups is 1. The molecule has 2 aromatic heterocycles.